The molecule has 0 saturated carbocycles. The summed E-state index contributed by atoms with van der Waals surface area (Å²) < 4.78 is 8.98. The molecule has 0 aromatic heterocycles. The van der Waals surface area contributed by atoms with Crippen LogP contribution in [0.3, 0.4) is 0 Å². The number of hydrogen-bond acceptors (Lipinski definition) is 7. The lowest BCUT2D eigenvalue weighted by Gasteiger charge is -2.16. The summed E-state index contributed by atoms with van der Waals surface area (Å²) >= 11 is 0. The third kappa shape index (κ3) is 4.77. The lowest BCUT2D eigenvalue weighted by molar-refractivity contribution is -0.384. The molecule has 0 aliphatic carbocycles. The summed E-state index contributed by atoms with van der Waals surface area (Å²) in [7, 11) is 2.27. The molecule has 23 heavy (non-hydrogen) atoms. The fourth-order valence-corrected chi connectivity index (χ4v) is 1.84. The first-order chi connectivity index (χ1) is 10.8. The molecule has 1 unspecified atom stereocenters. The van der Waals surface area contributed by atoms with Crippen LogP contribution in [-0.4, -0.2) is 43.0 Å². The van der Waals surface area contributed by atoms with Crippen molar-refractivity contribution in [2.45, 2.75) is 19.4 Å². The number of nitro groups is 1. The molecule has 0 bridgehead atoms. The minimum atomic E-state index is -1.21. The standard InChI is InChI=1S/C14H16N2O7/c1-8-6-9(16(20)21)4-5-10(8)13(18)15-11(14(19)23-3)7-12(17)22-2/h4-6,11H,7H2,1-3H3,(H,15,18). The van der Waals surface area contributed by atoms with E-state index in [1.165, 1.54) is 25.1 Å². The van der Waals surface area contributed by atoms with Crippen molar-refractivity contribution < 1.29 is 28.8 Å². The van der Waals surface area contributed by atoms with Gasteiger partial charge in [0, 0.05) is 17.7 Å². The summed E-state index contributed by atoms with van der Waals surface area (Å²) in [4.78, 5) is 45.2. The highest BCUT2D eigenvalue weighted by Crippen LogP contribution is 2.17. The second-order valence-corrected chi connectivity index (χ2v) is 4.59. The van der Waals surface area contributed by atoms with Crippen LogP contribution in [0.25, 0.3) is 0 Å². The van der Waals surface area contributed by atoms with Gasteiger partial charge in [0.05, 0.1) is 25.6 Å². The number of esters is 2. The third-order valence-corrected chi connectivity index (χ3v) is 3.05. The van der Waals surface area contributed by atoms with Gasteiger partial charge in [-0.2, -0.15) is 0 Å². The maximum absolute atomic E-state index is 12.2. The smallest absolute Gasteiger partial charge is 0.328 e. The average Bonchev–Trinajstić information content (AvgIpc) is 2.52. The van der Waals surface area contributed by atoms with Crippen LogP contribution in [0.15, 0.2) is 18.2 Å². The fourth-order valence-electron chi connectivity index (χ4n) is 1.84. The lowest BCUT2D eigenvalue weighted by Crippen LogP contribution is -2.43. The molecule has 1 N–H and O–H groups in total. The van der Waals surface area contributed by atoms with Crippen LogP contribution in [0, 0.1) is 17.0 Å². The van der Waals surface area contributed by atoms with Gasteiger partial charge >= 0.3 is 11.9 Å². The van der Waals surface area contributed by atoms with Crippen molar-refractivity contribution in [3.05, 3.63) is 39.4 Å². The molecule has 9 nitrogen and oxygen atoms in total. The van der Waals surface area contributed by atoms with Gasteiger partial charge in [-0.15, -0.1) is 0 Å². The Morgan fingerprint density at radius 1 is 1.26 bits per heavy atom. The number of nitro benzene ring substituents is 1. The summed E-state index contributed by atoms with van der Waals surface area (Å²) in [5, 5.41) is 13.0. The van der Waals surface area contributed by atoms with Crippen molar-refractivity contribution >= 4 is 23.5 Å². The maximum atomic E-state index is 12.2. The van der Waals surface area contributed by atoms with Crippen LogP contribution >= 0.6 is 0 Å². The topological polar surface area (TPSA) is 125 Å². The van der Waals surface area contributed by atoms with Gasteiger partial charge in [0.2, 0.25) is 0 Å². The predicted octanol–water partition coefficient (Wildman–Crippen LogP) is 0.738. The minimum Gasteiger partial charge on any atom is -0.469 e. The molecule has 1 atom stereocenters. The van der Waals surface area contributed by atoms with Crippen molar-refractivity contribution in [1.82, 2.24) is 5.32 Å². The molecule has 124 valence electrons. The van der Waals surface area contributed by atoms with E-state index in [-0.39, 0.29) is 17.7 Å². The number of carbonyl (C=O) groups excluding carboxylic acids is 3. The monoisotopic (exact) mass is 324 g/mol. The van der Waals surface area contributed by atoms with E-state index in [1.54, 1.807) is 0 Å². The highest BCUT2D eigenvalue weighted by atomic mass is 16.6. The molecular formula is C14H16N2O7. The second kappa shape index (κ2) is 7.87. The predicted molar refractivity (Wildman–Crippen MR) is 77.7 cm³/mol. The molecule has 0 aliphatic rings. The van der Waals surface area contributed by atoms with E-state index in [0.29, 0.717) is 5.56 Å². The number of nitrogens with one attached hydrogen (secondary N) is 1. The van der Waals surface area contributed by atoms with Crippen molar-refractivity contribution in [2.24, 2.45) is 0 Å². The quantitative estimate of drug-likeness (QED) is 0.464. The van der Waals surface area contributed by atoms with Gasteiger partial charge in [0.1, 0.15) is 6.04 Å². The average molecular weight is 324 g/mol. The number of nitrogens with zero attached hydrogens (tertiary/aromatic N) is 1. The molecule has 1 aromatic rings. The third-order valence-electron chi connectivity index (χ3n) is 3.05. The molecule has 0 radical (unpaired) electrons. The van der Waals surface area contributed by atoms with E-state index in [1.807, 2.05) is 0 Å². The van der Waals surface area contributed by atoms with Crippen LogP contribution in [0.2, 0.25) is 0 Å². The van der Waals surface area contributed by atoms with Crippen LogP contribution in [0.1, 0.15) is 22.3 Å². The SMILES string of the molecule is COC(=O)CC(NC(=O)c1ccc([N+](=O)[O-])cc1C)C(=O)OC. The minimum absolute atomic E-state index is 0.148. The van der Waals surface area contributed by atoms with E-state index in [0.717, 1.165) is 14.2 Å². The second-order valence-electron chi connectivity index (χ2n) is 4.59. The summed E-state index contributed by atoms with van der Waals surface area (Å²) in [6.45, 7) is 1.52. The van der Waals surface area contributed by atoms with Gasteiger partial charge in [-0.1, -0.05) is 0 Å². The van der Waals surface area contributed by atoms with Crippen LogP contribution in [0.5, 0.6) is 0 Å². The molecule has 9 heteroatoms. The first kappa shape index (κ1) is 18.1. The zero-order valence-electron chi connectivity index (χ0n) is 12.8. The van der Waals surface area contributed by atoms with E-state index >= 15 is 0 Å². The number of benzene rings is 1. The number of amides is 1. The normalized spacial score (nSPS) is 11.3. The number of aryl methyl sites for hydroxylation is 1. The van der Waals surface area contributed by atoms with Gasteiger partial charge in [0.25, 0.3) is 11.6 Å². The number of ether oxygens (including phenoxy) is 2. The highest BCUT2D eigenvalue weighted by Gasteiger charge is 2.26. The van der Waals surface area contributed by atoms with E-state index < -0.39 is 28.8 Å². The van der Waals surface area contributed by atoms with Gasteiger partial charge in [0.15, 0.2) is 0 Å². The Balaban J connectivity index is 2.96. The van der Waals surface area contributed by atoms with Crippen molar-refractivity contribution in [3.63, 3.8) is 0 Å². The first-order valence-electron chi connectivity index (χ1n) is 6.50. The van der Waals surface area contributed by atoms with E-state index in [4.69, 9.17) is 0 Å². The molecule has 0 fully saturated rings. The zero-order valence-corrected chi connectivity index (χ0v) is 12.8. The number of non-ortho nitro benzene ring substituents is 1. The summed E-state index contributed by atoms with van der Waals surface area (Å²) in [5.74, 6) is -2.15. The first-order valence-corrected chi connectivity index (χ1v) is 6.50. The molecule has 0 heterocycles. The van der Waals surface area contributed by atoms with Crippen molar-refractivity contribution in [3.8, 4) is 0 Å². The molecular weight excluding hydrogens is 308 g/mol. The molecule has 0 spiro atoms. The van der Waals surface area contributed by atoms with Gasteiger partial charge in [-0.05, 0) is 18.6 Å². The Labute approximate surface area is 131 Å². The molecule has 1 rings (SSSR count). The summed E-state index contributed by atoms with van der Waals surface area (Å²) in [6.07, 6.45) is -0.388. The Morgan fingerprint density at radius 2 is 1.91 bits per heavy atom. The van der Waals surface area contributed by atoms with Gasteiger partial charge < -0.3 is 14.8 Å². The number of hydrogen-bond donors (Lipinski definition) is 1. The van der Waals surface area contributed by atoms with Crippen LogP contribution in [0.4, 0.5) is 5.69 Å². The van der Waals surface area contributed by atoms with E-state index in [2.05, 4.69) is 14.8 Å². The van der Waals surface area contributed by atoms with Crippen molar-refractivity contribution in [2.75, 3.05) is 14.2 Å². The Bertz CT molecular complexity index is 642. The van der Waals surface area contributed by atoms with Crippen LogP contribution in [-0.2, 0) is 19.1 Å². The largest absolute Gasteiger partial charge is 0.469 e. The lowest BCUT2D eigenvalue weighted by atomic mass is 10.1. The molecule has 1 aromatic carbocycles. The highest BCUT2D eigenvalue weighted by molar-refractivity contribution is 5.98. The Kier molecular flexibility index (Phi) is 6.19. The van der Waals surface area contributed by atoms with Crippen molar-refractivity contribution in [1.29, 1.82) is 0 Å². The van der Waals surface area contributed by atoms with Gasteiger partial charge in [-0.25, -0.2) is 4.79 Å². The Hall–Kier alpha value is -2.97. The number of methoxy groups -OCH3 is 2. The number of carbonyl (C=O) groups is 3. The van der Waals surface area contributed by atoms with Gasteiger partial charge in [-0.3, -0.25) is 19.7 Å². The fraction of sp³-hybridized carbons (Fsp3) is 0.357. The van der Waals surface area contributed by atoms with E-state index in [9.17, 15) is 24.5 Å². The summed E-state index contributed by atoms with van der Waals surface area (Å²) in [6, 6.07) is 2.47. The maximum Gasteiger partial charge on any atom is 0.328 e. The van der Waals surface area contributed by atoms with Crippen LogP contribution < -0.4 is 5.32 Å². The number of rotatable bonds is 6. The molecule has 0 saturated heterocycles. The zero-order chi connectivity index (χ0) is 17.6. The summed E-state index contributed by atoms with van der Waals surface area (Å²) in [5.41, 5.74) is 0.353. The molecule has 0 aliphatic heterocycles. The molecule has 1 amide bonds. The Morgan fingerprint density at radius 3 is 2.39 bits per heavy atom.